The Hall–Kier alpha value is -2.24. The summed E-state index contributed by atoms with van der Waals surface area (Å²) >= 11 is 0. The molecule has 0 bridgehead atoms. The van der Waals surface area contributed by atoms with Gasteiger partial charge in [-0.3, -0.25) is 10.1 Å². The first-order chi connectivity index (χ1) is 11.0. The number of carboxylic acid groups (broad SMARTS) is 1. The summed E-state index contributed by atoms with van der Waals surface area (Å²) < 4.78 is 10.5. The Morgan fingerprint density at radius 3 is 2.33 bits per heavy atom. The van der Waals surface area contributed by atoms with Gasteiger partial charge in [-0.1, -0.05) is 19.9 Å². The molecule has 6 heteroatoms. The topological polar surface area (TPSA) is 84.9 Å². The Bertz CT molecular complexity index is 660. The molecule has 0 aliphatic heterocycles. The van der Waals surface area contributed by atoms with Crippen LogP contribution in [-0.4, -0.2) is 29.9 Å². The molecule has 2 N–H and O–H groups in total. The van der Waals surface area contributed by atoms with Crippen molar-refractivity contribution >= 4 is 17.7 Å². The number of nitrogens with one attached hydrogen (secondary N) is 1. The first-order valence-electron chi connectivity index (χ1n) is 7.88. The minimum absolute atomic E-state index is 0.175. The van der Waals surface area contributed by atoms with Crippen LogP contribution >= 0.6 is 0 Å². The molecule has 1 aliphatic carbocycles. The molecule has 24 heavy (non-hydrogen) atoms. The van der Waals surface area contributed by atoms with Crippen molar-refractivity contribution in [2.75, 3.05) is 12.4 Å². The van der Waals surface area contributed by atoms with Gasteiger partial charge in [-0.15, -0.1) is 0 Å². The van der Waals surface area contributed by atoms with Crippen molar-refractivity contribution in [1.29, 1.82) is 0 Å². The van der Waals surface area contributed by atoms with Crippen molar-refractivity contribution in [3.05, 3.63) is 23.8 Å². The second kappa shape index (κ2) is 6.00. The van der Waals surface area contributed by atoms with Crippen molar-refractivity contribution in [2.45, 2.75) is 46.1 Å². The van der Waals surface area contributed by atoms with Gasteiger partial charge in [0.25, 0.3) is 0 Å². The van der Waals surface area contributed by atoms with Gasteiger partial charge >= 0.3 is 12.1 Å². The molecule has 0 spiro atoms. The fourth-order valence-corrected chi connectivity index (χ4v) is 3.13. The molecule has 1 saturated carbocycles. The van der Waals surface area contributed by atoms with E-state index in [0.29, 0.717) is 11.4 Å². The summed E-state index contributed by atoms with van der Waals surface area (Å²) in [6.07, 6.45) is -0.581. The van der Waals surface area contributed by atoms with Gasteiger partial charge in [0.2, 0.25) is 0 Å². The van der Waals surface area contributed by atoms with Gasteiger partial charge in [-0.2, -0.15) is 0 Å². The quantitative estimate of drug-likeness (QED) is 0.872. The van der Waals surface area contributed by atoms with Crippen LogP contribution in [0.4, 0.5) is 10.5 Å². The van der Waals surface area contributed by atoms with Crippen LogP contribution in [0.15, 0.2) is 18.2 Å². The third kappa shape index (κ3) is 3.63. The first-order valence-corrected chi connectivity index (χ1v) is 7.88. The molecule has 2 rings (SSSR count). The lowest BCUT2D eigenvalue weighted by Crippen LogP contribution is -2.27. The Morgan fingerprint density at radius 2 is 1.88 bits per heavy atom. The van der Waals surface area contributed by atoms with E-state index < -0.39 is 23.6 Å². The predicted molar refractivity (Wildman–Crippen MR) is 90.5 cm³/mol. The number of amides is 1. The molecule has 1 aliphatic rings. The van der Waals surface area contributed by atoms with Crippen molar-refractivity contribution in [1.82, 2.24) is 0 Å². The molecular weight excluding hydrogens is 310 g/mol. The SMILES string of the molecule is COc1ccc([C@@H]2[C@@H](C(=O)O)C2(C)C)c(NC(=O)OC(C)(C)C)c1. The highest BCUT2D eigenvalue weighted by atomic mass is 16.6. The number of hydrogen-bond acceptors (Lipinski definition) is 4. The molecule has 1 aromatic carbocycles. The Kier molecular flexibility index (Phi) is 4.52. The molecule has 132 valence electrons. The summed E-state index contributed by atoms with van der Waals surface area (Å²) in [4.78, 5) is 23.6. The lowest BCUT2D eigenvalue weighted by Gasteiger charge is -2.21. The van der Waals surface area contributed by atoms with Gasteiger partial charge in [0.1, 0.15) is 11.4 Å². The number of carboxylic acids is 1. The van der Waals surface area contributed by atoms with Crippen LogP contribution in [0.3, 0.4) is 0 Å². The van der Waals surface area contributed by atoms with Crippen LogP contribution in [0.2, 0.25) is 0 Å². The summed E-state index contributed by atoms with van der Waals surface area (Å²) in [7, 11) is 1.54. The van der Waals surface area contributed by atoms with E-state index in [1.807, 2.05) is 13.8 Å². The smallest absolute Gasteiger partial charge is 0.412 e. The van der Waals surface area contributed by atoms with E-state index in [1.165, 1.54) is 7.11 Å². The van der Waals surface area contributed by atoms with E-state index in [0.717, 1.165) is 5.56 Å². The second-order valence-electron chi connectivity index (χ2n) is 7.70. The van der Waals surface area contributed by atoms with Crippen LogP contribution in [-0.2, 0) is 9.53 Å². The Labute approximate surface area is 142 Å². The number of ether oxygens (including phenoxy) is 2. The zero-order chi connectivity index (χ0) is 18.3. The van der Waals surface area contributed by atoms with Crippen LogP contribution in [0, 0.1) is 11.3 Å². The van der Waals surface area contributed by atoms with Crippen molar-refractivity contribution in [3.8, 4) is 5.75 Å². The third-order valence-electron chi connectivity index (χ3n) is 4.32. The largest absolute Gasteiger partial charge is 0.497 e. The molecule has 1 fully saturated rings. The van der Waals surface area contributed by atoms with E-state index in [4.69, 9.17) is 9.47 Å². The zero-order valence-corrected chi connectivity index (χ0v) is 15.0. The summed E-state index contributed by atoms with van der Waals surface area (Å²) in [6.45, 7) is 9.17. The zero-order valence-electron chi connectivity index (χ0n) is 15.0. The van der Waals surface area contributed by atoms with Gasteiger partial charge in [0.05, 0.1) is 18.7 Å². The van der Waals surface area contributed by atoms with E-state index in [-0.39, 0.29) is 11.3 Å². The molecule has 0 saturated heterocycles. The van der Waals surface area contributed by atoms with Gasteiger partial charge < -0.3 is 14.6 Å². The van der Waals surface area contributed by atoms with E-state index in [2.05, 4.69) is 5.32 Å². The summed E-state index contributed by atoms with van der Waals surface area (Å²) in [5, 5.41) is 12.1. The van der Waals surface area contributed by atoms with Gasteiger partial charge in [-0.25, -0.2) is 4.79 Å². The van der Waals surface area contributed by atoms with Gasteiger partial charge in [0.15, 0.2) is 0 Å². The minimum atomic E-state index is -0.830. The van der Waals surface area contributed by atoms with E-state index >= 15 is 0 Å². The molecule has 1 aromatic rings. The normalized spacial score (nSPS) is 21.8. The standard InChI is InChI=1S/C18H25NO5/c1-17(2,3)24-16(22)19-12-9-10(23-6)7-8-11(12)13-14(15(20)21)18(13,4)5/h7-9,13-14H,1-6H3,(H,19,22)(H,20,21)/t13-,14+/m1/s1. The molecule has 1 amide bonds. The lowest BCUT2D eigenvalue weighted by molar-refractivity contribution is -0.139. The molecule has 6 nitrogen and oxygen atoms in total. The Balaban J connectivity index is 2.33. The third-order valence-corrected chi connectivity index (χ3v) is 4.32. The van der Waals surface area contributed by atoms with Crippen LogP contribution in [0.25, 0.3) is 0 Å². The number of methoxy groups -OCH3 is 1. The maximum atomic E-state index is 12.1. The number of rotatable bonds is 4. The van der Waals surface area contributed by atoms with Crippen LogP contribution < -0.4 is 10.1 Å². The average Bonchev–Trinajstić information content (AvgIpc) is 2.99. The number of benzene rings is 1. The van der Waals surface area contributed by atoms with Crippen LogP contribution in [0.1, 0.15) is 46.1 Å². The second-order valence-corrected chi connectivity index (χ2v) is 7.70. The summed E-state index contributed by atoms with van der Waals surface area (Å²) in [6, 6.07) is 5.26. The van der Waals surface area contributed by atoms with Crippen molar-refractivity contribution < 1.29 is 24.2 Å². The average molecular weight is 335 g/mol. The monoisotopic (exact) mass is 335 g/mol. The molecule has 0 unspecified atom stereocenters. The minimum Gasteiger partial charge on any atom is -0.497 e. The molecule has 0 radical (unpaired) electrons. The number of aliphatic carboxylic acids is 1. The van der Waals surface area contributed by atoms with E-state index in [1.54, 1.807) is 39.0 Å². The van der Waals surface area contributed by atoms with Crippen molar-refractivity contribution in [3.63, 3.8) is 0 Å². The van der Waals surface area contributed by atoms with Gasteiger partial charge in [-0.05, 0) is 37.8 Å². The molecular formula is C18H25NO5. The lowest BCUT2D eigenvalue weighted by atomic mass is 10.0. The number of carbonyl (C=O) groups is 2. The van der Waals surface area contributed by atoms with Crippen LogP contribution in [0.5, 0.6) is 5.75 Å². The van der Waals surface area contributed by atoms with Gasteiger partial charge in [0, 0.05) is 12.0 Å². The molecule has 2 atom stereocenters. The highest BCUT2D eigenvalue weighted by Crippen LogP contribution is 2.65. The number of anilines is 1. The summed E-state index contributed by atoms with van der Waals surface area (Å²) in [5.41, 5.74) is 0.306. The maximum Gasteiger partial charge on any atom is 0.412 e. The first kappa shape index (κ1) is 18.1. The summed E-state index contributed by atoms with van der Waals surface area (Å²) in [5.74, 6) is -0.907. The van der Waals surface area contributed by atoms with E-state index in [9.17, 15) is 14.7 Å². The maximum absolute atomic E-state index is 12.1. The molecule has 0 heterocycles. The number of carbonyl (C=O) groups excluding carboxylic acids is 1. The predicted octanol–water partition coefficient (Wildman–Crippen LogP) is 3.87. The fraction of sp³-hybridized carbons (Fsp3) is 0.556. The number of hydrogen-bond donors (Lipinski definition) is 2. The highest BCUT2D eigenvalue weighted by Gasteiger charge is 2.63. The van der Waals surface area contributed by atoms with Crippen molar-refractivity contribution in [2.24, 2.45) is 11.3 Å². The highest BCUT2D eigenvalue weighted by molar-refractivity contribution is 5.88. The Morgan fingerprint density at radius 1 is 1.25 bits per heavy atom. The molecule has 0 aromatic heterocycles. The fourth-order valence-electron chi connectivity index (χ4n) is 3.13.